The van der Waals surface area contributed by atoms with Gasteiger partial charge in [-0.15, -0.1) is 0 Å². The van der Waals surface area contributed by atoms with Gasteiger partial charge in [0, 0.05) is 12.8 Å². The highest BCUT2D eigenvalue weighted by atomic mass is 35.5. The van der Waals surface area contributed by atoms with Crippen LogP contribution < -0.4 is 14.8 Å². The Kier molecular flexibility index (Phi) is 4.54. The Morgan fingerprint density at radius 2 is 2.16 bits per heavy atom. The first-order valence-corrected chi connectivity index (χ1v) is 8.36. The Labute approximate surface area is 117 Å². The lowest BCUT2D eigenvalue weighted by molar-refractivity contribution is 0.174. The summed E-state index contributed by atoms with van der Waals surface area (Å²) in [6, 6.07) is 3.69. The van der Waals surface area contributed by atoms with Crippen molar-refractivity contribution in [3.05, 3.63) is 22.7 Å². The van der Waals surface area contributed by atoms with Crippen LogP contribution in [0.4, 0.5) is 0 Å². The molecule has 0 spiro atoms. The summed E-state index contributed by atoms with van der Waals surface area (Å²) in [7, 11) is -2.88. The summed E-state index contributed by atoms with van der Waals surface area (Å²) in [6.45, 7) is 1.44. The van der Waals surface area contributed by atoms with Crippen LogP contribution in [-0.4, -0.2) is 33.8 Å². The summed E-state index contributed by atoms with van der Waals surface area (Å²) in [5.41, 5.74) is 0.980. The van der Waals surface area contributed by atoms with Gasteiger partial charge in [-0.3, -0.25) is 0 Å². The molecular formula is C12H16ClNO4S. The molecule has 7 heteroatoms. The van der Waals surface area contributed by atoms with E-state index in [1.165, 1.54) is 6.26 Å². The quantitative estimate of drug-likeness (QED) is 0.809. The molecule has 0 saturated carbocycles. The van der Waals surface area contributed by atoms with Crippen LogP contribution in [0.2, 0.25) is 5.02 Å². The molecule has 1 aliphatic rings. The van der Waals surface area contributed by atoms with Gasteiger partial charge in [0.1, 0.15) is 9.84 Å². The van der Waals surface area contributed by atoms with Crippen LogP contribution in [0.1, 0.15) is 12.0 Å². The molecule has 0 unspecified atom stereocenters. The summed E-state index contributed by atoms with van der Waals surface area (Å²) in [4.78, 5) is 0. The van der Waals surface area contributed by atoms with Gasteiger partial charge < -0.3 is 14.8 Å². The molecule has 0 fully saturated rings. The molecule has 106 valence electrons. The zero-order chi connectivity index (χ0) is 13.9. The average Bonchev–Trinajstić information content (AvgIpc) is 2.75. The van der Waals surface area contributed by atoms with Crippen LogP contribution >= 0.6 is 11.6 Å². The molecule has 19 heavy (non-hydrogen) atoms. The highest BCUT2D eigenvalue weighted by Gasteiger charge is 2.17. The van der Waals surface area contributed by atoms with Gasteiger partial charge in [0.2, 0.25) is 6.79 Å². The van der Waals surface area contributed by atoms with Crippen molar-refractivity contribution in [3.63, 3.8) is 0 Å². The van der Waals surface area contributed by atoms with Gasteiger partial charge in [0.15, 0.2) is 11.5 Å². The van der Waals surface area contributed by atoms with Gasteiger partial charge in [-0.1, -0.05) is 11.6 Å². The number of halogens is 1. The zero-order valence-corrected chi connectivity index (χ0v) is 12.2. The lowest BCUT2D eigenvalue weighted by atomic mass is 10.2. The molecule has 2 rings (SSSR count). The molecule has 1 aliphatic heterocycles. The fraction of sp³-hybridized carbons (Fsp3) is 0.500. The largest absolute Gasteiger partial charge is 0.454 e. The Hall–Kier alpha value is -0.980. The number of sulfone groups is 1. The molecule has 0 atom stereocenters. The molecule has 1 aromatic rings. The molecule has 0 radical (unpaired) electrons. The van der Waals surface area contributed by atoms with Gasteiger partial charge in [-0.25, -0.2) is 8.42 Å². The number of hydrogen-bond donors (Lipinski definition) is 1. The van der Waals surface area contributed by atoms with Gasteiger partial charge >= 0.3 is 0 Å². The lowest BCUT2D eigenvalue weighted by Gasteiger charge is -2.07. The number of benzene rings is 1. The van der Waals surface area contributed by atoms with Crippen LogP contribution in [0, 0.1) is 0 Å². The van der Waals surface area contributed by atoms with Crippen molar-refractivity contribution in [2.24, 2.45) is 0 Å². The molecule has 0 saturated heterocycles. The van der Waals surface area contributed by atoms with Gasteiger partial charge in [-0.05, 0) is 30.7 Å². The Morgan fingerprint density at radius 1 is 1.37 bits per heavy atom. The molecule has 0 amide bonds. The number of ether oxygens (including phenoxy) is 2. The van der Waals surface area contributed by atoms with Crippen LogP contribution in [0.15, 0.2) is 12.1 Å². The Morgan fingerprint density at radius 3 is 2.89 bits per heavy atom. The predicted octanol–water partition coefficient (Wildman–Crippen LogP) is 1.59. The van der Waals surface area contributed by atoms with Crippen molar-refractivity contribution in [1.29, 1.82) is 0 Å². The third-order valence-corrected chi connectivity index (χ3v) is 4.00. The molecule has 0 aliphatic carbocycles. The van der Waals surface area contributed by atoms with Gasteiger partial charge in [0.05, 0.1) is 10.8 Å². The van der Waals surface area contributed by atoms with E-state index in [2.05, 4.69) is 5.32 Å². The molecule has 0 aromatic heterocycles. The topological polar surface area (TPSA) is 64.6 Å². The minimum atomic E-state index is -2.88. The van der Waals surface area contributed by atoms with E-state index < -0.39 is 9.84 Å². The summed E-state index contributed by atoms with van der Waals surface area (Å²) < 4.78 is 32.4. The normalized spacial score (nSPS) is 13.8. The Balaban J connectivity index is 1.82. The van der Waals surface area contributed by atoms with Crippen molar-refractivity contribution >= 4 is 21.4 Å². The fourth-order valence-corrected chi connectivity index (χ4v) is 2.77. The van der Waals surface area contributed by atoms with E-state index in [4.69, 9.17) is 21.1 Å². The summed E-state index contributed by atoms with van der Waals surface area (Å²) in [5, 5.41) is 3.70. The number of fused-ring (bicyclic) bond motifs is 1. The third-order valence-electron chi connectivity index (χ3n) is 2.68. The number of rotatable bonds is 6. The van der Waals surface area contributed by atoms with Crippen molar-refractivity contribution in [2.45, 2.75) is 13.0 Å². The van der Waals surface area contributed by atoms with E-state index in [-0.39, 0.29) is 12.5 Å². The van der Waals surface area contributed by atoms with E-state index in [0.29, 0.717) is 36.0 Å². The minimum Gasteiger partial charge on any atom is -0.454 e. The second kappa shape index (κ2) is 5.98. The Bertz CT molecular complexity index is 559. The smallest absolute Gasteiger partial charge is 0.231 e. The summed E-state index contributed by atoms with van der Waals surface area (Å²) in [5.74, 6) is 1.44. The van der Waals surface area contributed by atoms with Crippen LogP contribution in [0.3, 0.4) is 0 Å². The number of hydrogen-bond acceptors (Lipinski definition) is 5. The molecule has 5 nitrogen and oxygen atoms in total. The molecule has 1 heterocycles. The van der Waals surface area contributed by atoms with E-state index in [9.17, 15) is 8.42 Å². The standard InChI is InChI=1S/C12H16ClNO4S/c1-19(15,16)4-2-3-14-7-9-5-10(13)12-11(6-9)17-8-18-12/h5-6,14H,2-4,7-8H2,1H3. The maximum Gasteiger partial charge on any atom is 0.231 e. The minimum absolute atomic E-state index is 0.195. The van der Waals surface area contributed by atoms with Crippen molar-refractivity contribution in [1.82, 2.24) is 5.32 Å². The second-order valence-electron chi connectivity index (χ2n) is 4.47. The second-order valence-corrected chi connectivity index (χ2v) is 7.14. The summed E-state index contributed by atoms with van der Waals surface area (Å²) >= 11 is 6.06. The van der Waals surface area contributed by atoms with Crippen molar-refractivity contribution < 1.29 is 17.9 Å². The predicted molar refractivity (Wildman–Crippen MR) is 73.6 cm³/mol. The molecule has 1 N–H and O–H groups in total. The van der Waals surface area contributed by atoms with Crippen molar-refractivity contribution in [3.8, 4) is 11.5 Å². The van der Waals surface area contributed by atoms with Crippen molar-refractivity contribution in [2.75, 3.05) is 25.3 Å². The van der Waals surface area contributed by atoms with Crippen LogP contribution in [-0.2, 0) is 16.4 Å². The third kappa shape index (κ3) is 4.26. The van der Waals surface area contributed by atoms with Crippen LogP contribution in [0.25, 0.3) is 0 Å². The van der Waals surface area contributed by atoms with Crippen LogP contribution in [0.5, 0.6) is 11.5 Å². The number of nitrogens with one attached hydrogen (secondary N) is 1. The first kappa shape index (κ1) is 14.4. The van der Waals surface area contributed by atoms with E-state index in [0.717, 1.165) is 5.56 Å². The zero-order valence-electron chi connectivity index (χ0n) is 10.6. The van der Waals surface area contributed by atoms with Gasteiger partial charge in [-0.2, -0.15) is 0 Å². The first-order valence-electron chi connectivity index (χ1n) is 5.92. The molecular weight excluding hydrogens is 290 g/mol. The first-order chi connectivity index (χ1) is 8.96. The highest BCUT2D eigenvalue weighted by Crippen LogP contribution is 2.39. The summed E-state index contributed by atoms with van der Waals surface area (Å²) in [6.07, 6.45) is 1.84. The van der Waals surface area contributed by atoms with E-state index in [1.54, 1.807) is 0 Å². The molecule has 1 aromatic carbocycles. The monoisotopic (exact) mass is 305 g/mol. The maximum absolute atomic E-state index is 11.0. The van der Waals surface area contributed by atoms with E-state index >= 15 is 0 Å². The SMILES string of the molecule is CS(=O)(=O)CCCNCc1cc(Cl)c2c(c1)OCO2. The average molecular weight is 306 g/mol. The fourth-order valence-electron chi connectivity index (χ4n) is 1.81. The maximum atomic E-state index is 11.0. The lowest BCUT2D eigenvalue weighted by Crippen LogP contribution is -2.17. The van der Waals surface area contributed by atoms with Gasteiger partial charge in [0.25, 0.3) is 0 Å². The highest BCUT2D eigenvalue weighted by molar-refractivity contribution is 7.90. The molecule has 0 bridgehead atoms. The van der Waals surface area contributed by atoms with E-state index in [1.807, 2.05) is 12.1 Å².